The number of hydrogen-bond donors (Lipinski definition) is 0. The van der Waals surface area contributed by atoms with Crippen molar-refractivity contribution in [2.75, 3.05) is 0 Å². The van der Waals surface area contributed by atoms with Gasteiger partial charge in [-0.2, -0.15) is 0 Å². The highest BCUT2D eigenvalue weighted by molar-refractivity contribution is 9.10. The van der Waals surface area contributed by atoms with Gasteiger partial charge in [0.15, 0.2) is 0 Å². The molecule has 0 bridgehead atoms. The van der Waals surface area contributed by atoms with Gasteiger partial charge in [-0.15, -0.1) is 0 Å². The number of aryl methyl sites for hydroxylation is 1. The Hall–Kier alpha value is -1.58. The first kappa shape index (κ1) is 14.4. The lowest BCUT2D eigenvalue weighted by Gasteiger charge is -2.09. The maximum atomic E-state index is 6.44. The van der Waals surface area contributed by atoms with Crippen LogP contribution in [0.25, 0.3) is 11.1 Å². The Balaban J connectivity index is 1.90. The Labute approximate surface area is 137 Å². The molecule has 4 heteroatoms. The average molecular weight is 362 g/mol. The normalized spacial score (nSPS) is 10.8. The zero-order chi connectivity index (χ0) is 14.8. The van der Waals surface area contributed by atoms with Crippen LogP contribution in [0.3, 0.4) is 0 Å². The molecule has 1 aromatic heterocycles. The van der Waals surface area contributed by atoms with Crippen molar-refractivity contribution >= 4 is 27.5 Å². The molecule has 3 rings (SSSR count). The number of hydrogen-bond acceptors (Lipinski definition) is 1. The minimum atomic E-state index is 0.721. The third kappa shape index (κ3) is 3.20. The van der Waals surface area contributed by atoms with Gasteiger partial charge in [0.1, 0.15) is 10.4 Å². The van der Waals surface area contributed by atoms with Crippen molar-refractivity contribution in [2.45, 2.75) is 13.5 Å². The number of rotatable bonds is 3. The number of halogens is 2. The van der Waals surface area contributed by atoms with Gasteiger partial charge in [-0.3, -0.25) is 0 Å². The molecule has 0 unspecified atom stereocenters. The molecule has 0 spiro atoms. The molecule has 0 aliphatic rings. The molecule has 0 radical (unpaired) electrons. The molecule has 0 saturated carbocycles. The summed E-state index contributed by atoms with van der Waals surface area (Å²) in [5.74, 6) is 0.963. The Morgan fingerprint density at radius 2 is 1.86 bits per heavy atom. The Kier molecular flexibility index (Phi) is 4.13. The summed E-state index contributed by atoms with van der Waals surface area (Å²) in [5, 5.41) is 0.778. The maximum Gasteiger partial charge on any atom is 0.124 e. The van der Waals surface area contributed by atoms with E-state index in [1.165, 1.54) is 5.56 Å². The standard InChI is InChI=1S/C17H14BrClN2/c1-12-20-17(18)11-21(12)10-15-8-7-14(9-16(15)19)13-5-3-2-4-6-13/h2-9,11H,10H2,1H3. The highest BCUT2D eigenvalue weighted by atomic mass is 79.9. The molecular formula is C17H14BrClN2. The lowest BCUT2D eigenvalue weighted by Crippen LogP contribution is -2.01. The lowest BCUT2D eigenvalue weighted by atomic mass is 10.0. The van der Waals surface area contributed by atoms with Gasteiger partial charge >= 0.3 is 0 Å². The highest BCUT2D eigenvalue weighted by Crippen LogP contribution is 2.26. The topological polar surface area (TPSA) is 17.8 Å². The summed E-state index contributed by atoms with van der Waals surface area (Å²) in [7, 11) is 0. The van der Waals surface area contributed by atoms with Crippen LogP contribution in [0.15, 0.2) is 59.3 Å². The number of benzene rings is 2. The third-order valence-electron chi connectivity index (χ3n) is 3.45. The second kappa shape index (κ2) is 6.04. The third-order valence-corrected chi connectivity index (χ3v) is 4.18. The van der Waals surface area contributed by atoms with Crippen LogP contribution in [0.1, 0.15) is 11.4 Å². The Morgan fingerprint density at radius 3 is 2.48 bits per heavy atom. The van der Waals surface area contributed by atoms with E-state index in [1.807, 2.05) is 37.4 Å². The van der Waals surface area contributed by atoms with Gasteiger partial charge in [0.2, 0.25) is 0 Å². The fourth-order valence-electron chi connectivity index (χ4n) is 2.30. The van der Waals surface area contributed by atoms with Crippen LogP contribution in [-0.2, 0) is 6.54 Å². The number of nitrogens with zero attached hydrogens (tertiary/aromatic N) is 2. The van der Waals surface area contributed by atoms with Crippen molar-refractivity contribution in [3.05, 3.63) is 75.7 Å². The molecule has 2 aromatic carbocycles. The lowest BCUT2D eigenvalue weighted by molar-refractivity contribution is 0.762. The molecule has 106 valence electrons. The zero-order valence-corrected chi connectivity index (χ0v) is 13.9. The second-order valence-electron chi connectivity index (χ2n) is 4.91. The molecule has 0 saturated heterocycles. The Morgan fingerprint density at radius 1 is 1.10 bits per heavy atom. The van der Waals surface area contributed by atoms with Crippen molar-refractivity contribution in [1.82, 2.24) is 9.55 Å². The van der Waals surface area contributed by atoms with Gasteiger partial charge in [-0.05, 0) is 45.6 Å². The van der Waals surface area contributed by atoms with Gasteiger partial charge in [0.05, 0.1) is 6.54 Å². The molecule has 3 aromatic rings. The van der Waals surface area contributed by atoms with Crippen molar-refractivity contribution in [3.63, 3.8) is 0 Å². The van der Waals surface area contributed by atoms with Crippen molar-refractivity contribution in [3.8, 4) is 11.1 Å². The minimum Gasteiger partial charge on any atom is -0.329 e. The van der Waals surface area contributed by atoms with Crippen LogP contribution in [-0.4, -0.2) is 9.55 Å². The van der Waals surface area contributed by atoms with E-state index in [-0.39, 0.29) is 0 Å². The van der Waals surface area contributed by atoms with Gasteiger partial charge < -0.3 is 4.57 Å². The first-order valence-corrected chi connectivity index (χ1v) is 7.84. The quantitative estimate of drug-likeness (QED) is 0.617. The molecule has 1 heterocycles. The molecule has 21 heavy (non-hydrogen) atoms. The van der Waals surface area contributed by atoms with Crippen LogP contribution < -0.4 is 0 Å². The van der Waals surface area contributed by atoms with Crippen molar-refractivity contribution in [1.29, 1.82) is 0 Å². The average Bonchev–Trinajstić information content (AvgIpc) is 2.80. The van der Waals surface area contributed by atoms with Crippen LogP contribution in [0.4, 0.5) is 0 Å². The summed E-state index contributed by atoms with van der Waals surface area (Å²) in [6, 6.07) is 16.5. The number of imidazole rings is 1. The summed E-state index contributed by atoms with van der Waals surface area (Å²) >= 11 is 9.83. The summed E-state index contributed by atoms with van der Waals surface area (Å²) in [6.07, 6.45) is 1.97. The smallest absolute Gasteiger partial charge is 0.124 e. The fourth-order valence-corrected chi connectivity index (χ4v) is 3.04. The molecule has 0 N–H and O–H groups in total. The predicted octanol–water partition coefficient (Wildman–Crippen LogP) is 5.32. The van der Waals surface area contributed by atoms with Gasteiger partial charge in [0, 0.05) is 11.2 Å². The number of aromatic nitrogens is 2. The van der Waals surface area contributed by atoms with E-state index in [0.29, 0.717) is 0 Å². The van der Waals surface area contributed by atoms with E-state index in [1.54, 1.807) is 0 Å². The van der Waals surface area contributed by atoms with E-state index < -0.39 is 0 Å². The minimum absolute atomic E-state index is 0.721. The first-order chi connectivity index (χ1) is 10.1. The van der Waals surface area contributed by atoms with Crippen molar-refractivity contribution in [2.24, 2.45) is 0 Å². The van der Waals surface area contributed by atoms with Gasteiger partial charge in [-0.1, -0.05) is 54.1 Å². The monoisotopic (exact) mass is 360 g/mol. The highest BCUT2D eigenvalue weighted by Gasteiger charge is 2.07. The van der Waals surface area contributed by atoms with E-state index in [9.17, 15) is 0 Å². The van der Waals surface area contributed by atoms with Gasteiger partial charge in [-0.25, -0.2) is 4.98 Å². The van der Waals surface area contributed by atoms with Crippen LogP contribution in [0, 0.1) is 6.92 Å². The molecule has 0 aliphatic heterocycles. The summed E-state index contributed by atoms with van der Waals surface area (Å²) < 4.78 is 2.92. The van der Waals surface area contributed by atoms with E-state index in [4.69, 9.17) is 11.6 Å². The molecule has 2 nitrogen and oxygen atoms in total. The maximum absolute atomic E-state index is 6.44. The molecule has 0 amide bonds. The largest absolute Gasteiger partial charge is 0.329 e. The fraction of sp³-hybridized carbons (Fsp3) is 0.118. The van der Waals surface area contributed by atoms with Crippen LogP contribution in [0.2, 0.25) is 5.02 Å². The van der Waals surface area contributed by atoms with E-state index >= 15 is 0 Å². The summed E-state index contributed by atoms with van der Waals surface area (Å²) in [4.78, 5) is 4.34. The molecule has 0 fully saturated rings. The van der Waals surface area contributed by atoms with Gasteiger partial charge in [0.25, 0.3) is 0 Å². The summed E-state index contributed by atoms with van der Waals surface area (Å²) in [5.41, 5.74) is 3.39. The van der Waals surface area contributed by atoms with Crippen LogP contribution >= 0.6 is 27.5 Å². The molecular weight excluding hydrogens is 348 g/mol. The van der Waals surface area contributed by atoms with E-state index in [0.717, 1.165) is 33.1 Å². The Bertz CT molecular complexity index is 766. The van der Waals surface area contributed by atoms with Crippen LogP contribution in [0.5, 0.6) is 0 Å². The second-order valence-corrected chi connectivity index (χ2v) is 6.13. The predicted molar refractivity (Wildman–Crippen MR) is 90.7 cm³/mol. The molecule has 0 aliphatic carbocycles. The first-order valence-electron chi connectivity index (χ1n) is 6.66. The van der Waals surface area contributed by atoms with E-state index in [2.05, 4.69) is 49.7 Å². The molecule has 0 atom stereocenters. The SMILES string of the molecule is Cc1nc(Br)cn1Cc1ccc(-c2ccccc2)cc1Cl. The summed E-state index contributed by atoms with van der Waals surface area (Å²) in [6.45, 7) is 2.70. The van der Waals surface area contributed by atoms with Crippen molar-refractivity contribution < 1.29 is 0 Å². The zero-order valence-electron chi connectivity index (χ0n) is 11.6.